The molecule has 108 valence electrons. The fourth-order valence-electron chi connectivity index (χ4n) is 2.01. The zero-order chi connectivity index (χ0) is 14.9. The van der Waals surface area contributed by atoms with Crippen molar-refractivity contribution in [1.82, 2.24) is 4.90 Å². The van der Waals surface area contributed by atoms with Crippen LogP contribution in [0.25, 0.3) is 0 Å². The number of hydrogen-bond donors (Lipinski definition) is 0. The Bertz CT molecular complexity index is 525. The Hall–Kier alpha value is -2.55. The molecule has 0 N–H and O–H groups in total. The van der Waals surface area contributed by atoms with E-state index >= 15 is 0 Å². The monoisotopic (exact) mass is 281 g/mol. The Morgan fingerprint density at radius 2 is 1.43 bits per heavy atom. The summed E-state index contributed by atoms with van der Waals surface area (Å²) in [6.07, 6.45) is 1.24. The summed E-state index contributed by atoms with van der Waals surface area (Å²) in [7, 11) is 0. The van der Waals surface area contributed by atoms with E-state index in [1.54, 1.807) is 11.0 Å². The Morgan fingerprint density at radius 3 is 1.86 bits per heavy atom. The molecule has 2 aromatic rings. The van der Waals surface area contributed by atoms with Gasteiger partial charge in [0.1, 0.15) is 6.61 Å². The SMILES string of the molecule is C=CCOC(=O)N(Cc1ccccc1)Cc1ccccc1. The largest absolute Gasteiger partial charge is 0.445 e. The van der Waals surface area contributed by atoms with Crippen molar-refractivity contribution in [3.8, 4) is 0 Å². The summed E-state index contributed by atoms with van der Waals surface area (Å²) in [4.78, 5) is 13.9. The molecule has 1 amide bonds. The van der Waals surface area contributed by atoms with Crippen LogP contribution in [0.1, 0.15) is 11.1 Å². The number of carbonyl (C=O) groups is 1. The zero-order valence-corrected chi connectivity index (χ0v) is 11.9. The molecule has 0 atom stereocenters. The van der Waals surface area contributed by atoms with Crippen molar-refractivity contribution in [3.05, 3.63) is 84.4 Å². The highest BCUT2D eigenvalue weighted by Crippen LogP contribution is 2.11. The normalized spacial score (nSPS) is 9.90. The standard InChI is InChI=1S/C18H19NO2/c1-2-13-21-18(20)19(14-16-9-5-3-6-10-16)15-17-11-7-4-8-12-17/h2-12H,1,13-15H2. The van der Waals surface area contributed by atoms with Gasteiger partial charge < -0.3 is 4.74 Å². The van der Waals surface area contributed by atoms with Crippen LogP contribution in [0.5, 0.6) is 0 Å². The molecule has 0 aliphatic rings. The van der Waals surface area contributed by atoms with E-state index < -0.39 is 0 Å². The lowest BCUT2D eigenvalue weighted by Gasteiger charge is -2.22. The summed E-state index contributed by atoms with van der Waals surface area (Å²) in [5.74, 6) is 0. The van der Waals surface area contributed by atoms with Crippen molar-refractivity contribution < 1.29 is 9.53 Å². The molecule has 2 aromatic carbocycles. The lowest BCUT2D eigenvalue weighted by molar-refractivity contribution is 0.107. The van der Waals surface area contributed by atoms with Gasteiger partial charge in [0.15, 0.2) is 0 Å². The van der Waals surface area contributed by atoms with Gasteiger partial charge in [-0.25, -0.2) is 4.79 Å². The van der Waals surface area contributed by atoms with Crippen molar-refractivity contribution in [3.63, 3.8) is 0 Å². The third kappa shape index (κ3) is 4.80. The Balaban J connectivity index is 2.09. The van der Waals surface area contributed by atoms with Crippen LogP contribution in [0.4, 0.5) is 4.79 Å². The van der Waals surface area contributed by atoms with E-state index in [0.717, 1.165) is 11.1 Å². The summed E-state index contributed by atoms with van der Waals surface area (Å²) >= 11 is 0. The molecule has 0 heterocycles. The molecule has 0 radical (unpaired) electrons. The van der Waals surface area contributed by atoms with Crippen LogP contribution in [0.2, 0.25) is 0 Å². The highest BCUT2D eigenvalue weighted by Gasteiger charge is 2.15. The van der Waals surface area contributed by atoms with Crippen molar-refractivity contribution in [2.45, 2.75) is 13.1 Å². The first-order chi connectivity index (χ1) is 10.3. The van der Waals surface area contributed by atoms with Gasteiger partial charge in [-0.3, -0.25) is 4.90 Å². The topological polar surface area (TPSA) is 29.5 Å². The minimum atomic E-state index is -0.331. The molecule has 3 nitrogen and oxygen atoms in total. The van der Waals surface area contributed by atoms with E-state index in [4.69, 9.17) is 4.74 Å². The minimum Gasteiger partial charge on any atom is -0.445 e. The molecule has 21 heavy (non-hydrogen) atoms. The van der Waals surface area contributed by atoms with Gasteiger partial charge in [0.2, 0.25) is 0 Å². The summed E-state index contributed by atoms with van der Waals surface area (Å²) in [5, 5.41) is 0. The molecular weight excluding hydrogens is 262 g/mol. The third-order valence-electron chi connectivity index (χ3n) is 3.02. The Kier molecular flexibility index (Phi) is 5.59. The molecule has 0 fully saturated rings. The maximum atomic E-state index is 12.2. The van der Waals surface area contributed by atoms with Crippen molar-refractivity contribution in [2.24, 2.45) is 0 Å². The average Bonchev–Trinajstić information content (AvgIpc) is 2.54. The number of carbonyl (C=O) groups excluding carboxylic acids is 1. The lowest BCUT2D eigenvalue weighted by atomic mass is 10.2. The van der Waals surface area contributed by atoms with Crippen LogP contribution in [0, 0.1) is 0 Å². The molecule has 0 unspecified atom stereocenters. The fourth-order valence-corrected chi connectivity index (χ4v) is 2.01. The van der Waals surface area contributed by atoms with E-state index in [1.165, 1.54) is 0 Å². The molecule has 0 bridgehead atoms. The summed E-state index contributed by atoms with van der Waals surface area (Å²) < 4.78 is 5.17. The molecule has 2 rings (SSSR count). The predicted octanol–water partition coefficient (Wildman–Crippen LogP) is 4.01. The molecule has 0 aliphatic heterocycles. The molecule has 3 heteroatoms. The van der Waals surface area contributed by atoms with E-state index in [9.17, 15) is 4.79 Å². The van der Waals surface area contributed by atoms with E-state index in [1.807, 2.05) is 60.7 Å². The van der Waals surface area contributed by atoms with Gasteiger partial charge in [-0.2, -0.15) is 0 Å². The second kappa shape index (κ2) is 7.90. The maximum absolute atomic E-state index is 12.2. The van der Waals surface area contributed by atoms with Crippen molar-refractivity contribution in [2.75, 3.05) is 6.61 Å². The lowest BCUT2D eigenvalue weighted by Crippen LogP contribution is -2.30. The molecule has 0 aliphatic carbocycles. The minimum absolute atomic E-state index is 0.221. The van der Waals surface area contributed by atoms with Crippen LogP contribution in [-0.4, -0.2) is 17.6 Å². The second-order valence-corrected chi connectivity index (χ2v) is 4.69. The van der Waals surface area contributed by atoms with Gasteiger partial charge in [-0.05, 0) is 11.1 Å². The first kappa shape index (κ1) is 14.9. The number of rotatable bonds is 6. The number of hydrogen-bond acceptors (Lipinski definition) is 2. The van der Waals surface area contributed by atoms with Crippen molar-refractivity contribution in [1.29, 1.82) is 0 Å². The number of nitrogens with zero attached hydrogens (tertiary/aromatic N) is 1. The fraction of sp³-hybridized carbons (Fsp3) is 0.167. The maximum Gasteiger partial charge on any atom is 0.410 e. The molecular formula is C18H19NO2. The van der Waals surface area contributed by atoms with Gasteiger partial charge in [-0.1, -0.05) is 73.3 Å². The Labute approximate surface area is 125 Å². The second-order valence-electron chi connectivity index (χ2n) is 4.69. The number of amides is 1. The zero-order valence-electron chi connectivity index (χ0n) is 11.9. The van der Waals surface area contributed by atoms with Gasteiger partial charge in [0.25, 0.3) is 0 Å². The van der Waals surface area contributed by atoms with Gasteiger partial charge in [-0.15, -0.1) is 0 Å². The molecule has 0 aromatic heterocycles. The highest BCUT2D eigenvalue weighted by molar-refractivity contribution is 5.67. The van der Waals surface area contributed by atoms with Gasteiger partial charge in [0, 0.05) is 13.1 Å². The van der Waals surface area contributed by atoms with Crippen LogP contribution in [0.3, 0.4) is 0 Å². The molecule has 0 saturated heterocycles. The van der Waals surface area contributed by atoms with Gasteiger partial charge in [0.05, 0.1) is 0 Å². The third-order valence-corrected chi connectivity index (χ3v) is 3.02. The van der Waals surface area contributed by atoms with Crippen molar-refractivity contribution >= 4 is 6.09 Å². The quantitative estimate of drug-likeness (QED) is 0.749. The van der Waals surface area contributed by atoms with E-state index in [2.05, 4.69) is 6.58 Å². The predicted molar refractivity (Wildman–Crippen MR) is 83.7 cm³/mol. The molecule has 0 saturated carbocycles. The smallest absolute Gasteiger partial charge is 0.410 e. The van der Waals surface area contributed by atoms with Gasteiger partial charge >= 0.3 is 6.09 Å². The van der Waals surface area contributed by atoms with Crippen LogP contribution in [0.15, 0.2) is 73.3 Å². The summed E-state index contributed by atoms with van der Waals surface area (Å²) in [6.45, 7) is 4.82. The molecule has 0 spiro atoms. The first-order valence-electron chi connectivity index (χ1n) is 6.90. The summed E-state index contributed by atoms with van der Waals surface area (Å²) in [6, 6.07) is 19.8. The highest BCUT2D eigenvalue weighted by atomic mass is 16.6. The number of benzene rings is 2. The van der Waals surface area contributed by atoms with E-state index in [-0.39, 0.29) is 12.7 Å². The average molecular weight is 281 g/mol. The van der Waals surface area contributed by atoms with Crippen LogP contribution in [-0.2, 0) is 17.8 Å². The summed E-state index contributed by atoms with van der Waals surface area (Å²) in [5.41, 5.74) is 2.15. The van der Waals surface area contributed by atoms with Crippen LogP contribution >= 0.6 is 0 Å². The van der Waals surface area contributed by atoms with Crippen LogP contribution < -0.4 is 0 Å². The first-order valence-corrected chi connectivity index (χ1v) is 6.90. The van der Waals surface area contributed by atoms with E-state index in [0.29, 0.717) is 13.1 Å². The Morgan fingerprint density at radius 1 is 0.952 bits per heavy atom. The number of ether oxygens (including phenoxy) is 1.